The van der Waals surface area contributed by atoms with Gasteiger partial charge in [-0.1, -0.05) is 24.3 Å². The zero-order valence-corrected chi connectivity index (χ0v) is 15.6. The van der Waals surface area contributed by atoms with Gasteiger partial charge in [0, 0.05) is 28.0 Å². The number of hydrogen-bond donors (Lipinski definition) is 3. The maximum Gasteiger partial charge on any atom is 0.229 e. The molecule has 0 fully saturated rings. The number of rotatable bonds is 5. The van der Waals surface area contributed by atoms with E-state index in [4.69, 9.17) is 4.98 Å². The van der Waals surface area contributed by atoms with E-state index >= 15 is 0 Å². The number of hydrogen-bond acceptors (Lipinski definition) is 6. The number of imidazole rings is 1. The fourth-order valence-corrected chi connectivity index (χ4v) is 3.63. The molecule has 136 valence electrons. The quantitative estimate of drug-likeness (QED) is 0.369. The Balaban J connectivity index is 1.46. The van der Waals surface area contributed by atoms with Crippen LogP contribution in [0.2, 0.25) is 0 Å². The number of thiophene rings is 1. The average molecular weight is 384 g/mol. The minimum Gasteiger partial charge on any atom is -0.355 e. The summed E-state index contributed by atoms with van der Waals surface area (Å²) in [6, 6.07) is 20.1. The van der Waals surface area contributed by atoms with Crippen molar-refractivity contribution in [2.45, 2.75) is 0 Å². The van der Waals surface area contributed by atoms with Crippen LogP contribution in [-0.4, -0.2) is 19.9 Å². The molecule has 3 aromatic heterocycles. The maximum atomic E-state index is 4.72. The Kier molecular flexibility index (Phi) is 4.19. The van der Waals surface area contributed by atoms with Crippen LogP contribution in [0.25, 0.3) is 22.4 Å². The highest BCUT2D eigenvalue weighted by molar-refractivity contribution is 7.08. The van der Waals surface area contributed by atoms with Gasteiger partial charge < -0.3 is 15.6 Å². The maximum absolute atomic E-state index is 4.72. The van der Waals surface area contributed by atoms with Crippen molar-refractivity contribution in [1.29, 1.82) is 0 Å². The molecule has 6 nitrogen and oxygen atoms in total. The molecular weight excluding hydrogens is 368 g/mol. The predicted octanol–water partition coefficient (Wildman–Crippen LogP) is 5.57. The highest BCUT2D eigenvalue weighted by atomic mass is 32.1. The number of aromatic nitrogens is 4. The third-order valence-corrected chi connectivity index (χ3v) is 4.94. The van der Waals surface area contributed by atoms with Crippen molar-refractivity contribution >= 4 is 45.5 Å². The third-order valence-electron chi connectivity index (χ3n) is 4.26. The second-order valence-corrected chi connectivity index (χ2v) is 6.99. The number of fused-ring (bicyclic) bond motifs is 1. The Morgan fingerprint density at radius 3 is 2.46 bits per heavy atom. The van der Waals surface area contributed by atoms with Crippen LogP contribution in [0.1, 0.15) is 0 Å². The van der Waals surface area contributed by atoms with Crippen LogP contribution in [0.15, 0.2) is 77.8 Å². The lowest BCUT2D eigenvalue weighted by Gasteiger charge is -2.10. The zero-order valence-electron chi connectivity index (χ0n) is 14.8. The van der Waals surface area contributed by atoms with Gasteiger partial charge in [0.2, 0.25) is 5.95 Å². The highest BCUT2D eigenvalue weighted by Gasteiger charge is 2.12. The van der Waals surface area contributed by atoms with E-state index in [0.29, 0.717) is 11.6 Å². The summed E-state index contributed by atoms with van der Waals surface area (Å²) in [6.45, 7) is 0. The van der Waals surface area contributed by atoms with Gasteiger partial charge in [0.25, 0.3) is 0 Å². The van der Waals surface area contributed by atoms with Gasteiger partial charge >= 0.3 is 0 Å². The average Bonchev–Trinajstić information content (AvgIpc) is 3.40. The first-order valence-corrected chi connectivity index (χ1v) is 9.72. The topological polar surface area (TPSA) is 78.5 Å². The van der Waals surface area contributed by atoms with Gasteiger partial charge in [-0.3, -0.25) is 0 Å². The Labute approximate surface area is 165 Å². The Morgan fingerprint density at radius 1 is 0.821 bits per heavy atom. The molecule has 0 atom stereocenters. The summed E-state index contributed by atoms with van der Waals surface area (Å²) in [5.41, 5.74) is 6.27. The molecule has 2 aromatic carbocycles. The van der Waals surface area contributed by atoms with Crippen molar-refractivity contribution in [3.05, 3.63) is 77.8 Å². The van der Waals surface area contributed by atoms with Crippen molar-refractivity contribution in [2.75, 3.05) is 10.6 Å². The molecule has 5 aromatic rings. The van der Waals surface area contributed by atoms with Gasteiger partial charge in [-0.05, 0) is 41.8 Å². The summed E-state index contributed by atoms with van der Waals surface area (Å²) in [5.74, 6) is 0.512. The molecule has 0 saturated carbocycles. The summed E-state index contributed by atoms with van der Waals surface area (Å²) in [5, 5.41) is 10.8. The molecule has 28 heavy (non-hydrogen) atoms. The van der Waals surface area contributed by atoms with Crippen LogP contribution in [0, 0.1) is 0 Å². The van der Waals surface area contributed by atoms with Crippen LogP contribution in [0.3, 0.4) is 0 Å². The number of benzene rings is 2. The number of anilines is 4. The fourth-order valence-electron chi connectivity index (χ4n) is 2.99. The van der Waals surface area contributed by atoms with Crippen molar-refractivity contribution < 1.29 is 0 Å². The van der Waals surface area contributed by atoms with E-state index in [9.17, 15) is 0 Å². The van der Waals surface area contributed by atoms with E-state index in [-0.39, 0.29) is 0 Å². The number of nitrogens with one attached hydrogen (secondary N) is 3. The van der Waals surface area contributed by atoms with Crippen molar-refractivity contribution in [1.82, 2.24) is 19.9 Å². The minimum absolute atomic E-state index is 0.512. The molecule has 7 heteroatoms. The number of H-pyrrole nitrogens is 1. The van der Waals surface area contributed by atoms with E-state index < -0.39 is 0 Å². The van der Waals surface area contributed by atoms with Gasteiger partial charge in [-0.15, -0.1) is 0 Å². The molecule has 0 bridgehead atoms. The minimum atomic E-state index is 0.512. The van der Waals surface area contributed by atoms with Crippen molar-refractivity contribution in [3.8, 4) is 11.3 Å². The number of para-hydroxylation sites is 1. The van der Waals surface area contributed by atoms with Crippen LogP contribution in [-0.2, 0) is 0 Å². The molecule has 0 amide bonds. The van der Waals surface area contributed by atoms with Crippen molar-refractivity contribution in [2.24, 2.45) is 0 Å². The second-order valence-electron chi connectivity index (χ2n) is 6.21. The lowest BCUT2D eigenvalue weighted by Crippen LogP contribution is -2.00. The highest BCUT2D eigenvalue weighted by Crippen LogP contribution is 2.28. The second kappa shape index (κ2) is 7.13. The molecule has 0 saturated heterocycles. The first-order chi connectivity index (χ1) is 13.8. The molecule has 0 aliphatic heterocycles. The molecule has 0 spiro atoms. The summed E-state index contributed by atoms with van der Waals surface area (Å²) >= 11 is 1.63. The Hall–Kier alpha value is -3.71. The predicted molar refractivity (Wildman–Crippen MR) is 114 cm³/mol. The standard InChI is InChI=1S/C21H16N6S/c1-2-5-15(6-3-1)24-16-7-4-8-17(11-16)25-21-26-18(14-9-10-28-12-14)19-20(27-21)23-13-22-19/h1-13,24H,(H2,22,23,25,26,27). The smallest absolute Gasteiger partial charge is 0.229 e. The van der Waals surface area contributed by atoms with E-state index in [1.54, 1.807) is 17.7 Å². The van der Waals surface area contributed by atoms with Gasteiger partial charge in [-0.2, -0.15) is 16.3 Å². The lowest BCUT2D eigenvalue weighted by molar-refractivity contribution is 1.20. The van der Waals surface area contributed by atoms with Crippen LogP contribution in [0.5, 0.6) is 0 Å². The molecule has 0 aliphatic rings. The summed E-state index contributed by atoms with van der Waals surface area (Å²) in [4.78, 5) is 16.7. The van der Waals surface area contributed by atoms with E-state index in [1.807, 2.05) is 66.0 Å². The largest absolute Gasteiger partial charge is 0.355 e. The summed E-state index contributed by atoms with van der Waals surface area (Å²) < 4.78 is 0. The van der Waals surface area contributed by atoms with Crippen molar-refractivity contribution in [3.63, 3.8) is 0 Å². The Bertz CT molecular complexity index is 1210. The van der Waals surface area contributed by atoms with Crippen LogP contribution >= 0.6 is 11.3 Å². The van der Waals surface area contributed by atoms with Gasteiger partial charge in [0.1, 0.15) is 11.2 Å². The van der Waals surface area contributed by atoms with E-state index in [1.165, 1.54) is 0 Å². The van der Waals surface area contributed by atoms with E-state index in [2.05, 4.69) is 31.0 Å². The van der Waals surface area contributed by atoms with Crippen LogP contribution < -0.4 is 10.6 Å². The molecule has 0 aliphatic carbocycles. The molecule has 3 heterocycles. The first kappa shape index (κ1) is 16.5. The van der Waals surface area contributed by atoms with Gasteiger partial charge in [0.05, 0.1) is 6.33 Å². The number of aromatic amines is 1. The molecule has 0 radical (unpaired) electrons. The van der Waals surface area contributed by atoms with Gasteiger partial charge in [-0.25, -0.2) is 9.97 Å². The lowest BCUT2D eigenvalue weighted by atomic mass is 10.2. The Morgan fingerprint density at radius 2 is 1.64 bits per heavy atom. The normalized spacial score (nSPS) is 10.9. The molecule has 0 unspecified atom stereocenters. The molecule has 5 rings (SSSR count). The monoisotopic (exact) mass is 384 g/mol. The molecule has 3 N–H and O–H groups in total. The summed E-state index contributed by atoms with van der Waals surface area (Å²) in [6.07, 6.45) is 1.64. The number of nitrogens with zero attached hydrogens (tertiary/aromatic N) is 3. The first-order valence-electron chi connectivity index (χ1n) is 8.78. The summed E-state index contributed by atoms with van der Waals surface area (Å²) in [7, 11) is 0. The van der Waals surface area contributed by atoms with E-state index in [0.717, 1.165) is 33.8 Å². The fraction of sp³-hybridized carbons (Fsp3) is 0. The molecular formula is C21H16N6S. The third kappa shape index (κ3) is 3.30. The SMILES string of the molecule is c1ccc(Nc2cccc(Nc3nc(-c4ccsc4)c4[nH]cnc4n3)c2)cc1. The zero-order chi connectivity index (χ0) is 18.8. The van der Waals surface area contributed by atoms with Gasteiger partial charge in [0.15, 0.2) is 5.65 Å². The van der Waals surface area contributed by atoms with Crippen LogP contribution in [0.4, 0.5) is 23.0 Å².